The number of carbonyl (C=O) groups is 1. The molecule has 180 valence electrons. The van der Waals surface area contributed by atoms with E-state index in [0.717, 1.165) is 81.0 Å². The van der Waals surface area contributed by atoms with Gasteiger partial charge in [-0.05, 0) is 70.7 Å². The number of fused-ring (bicyclic) bond motifs is 1. The summed E-state index contributed by atoms with van der Waals surface area (Å²) in [5.41, 5.74) is 1.66. The Kier molecular flexibility index (Phi) is 7.27. The summed E-state index contributed by atoms with van der Waals surface area (Å²) in [7, 11) is 1.73. The molecule has 0 unspecified atom stereocenters. The fourth-order valence-corrected chi connectivity index (χ4v) is 5.03. The van der Waals surface area contributed by atoms with Gasteiger partial charge in [-0.15, -0.1) is 0 Å². The van der Waals surface area contributed by atoms with Crippen LogP contribution < -0.4 is 9.64 Å². The molecule has 7 heteroatoms. The van der Waals surface area contributed by atoms with Gasteiger partial charge in [-0.25, -0.2) is 4.79 Å². The van der Waals surface area contributed by atoms with Crippen LogP contribution >= 0.6 is 0 Å². The molecule has 0 saturated carbocycles. The SMILES string of the molecule is COc1ccc2cccnc2c1N1CCCN(C[C@@H]2CCCN(C(=O)OC(C)(C)C)C2)CC1. The quantitative estimate of drug-likeness (QED) is 0.682. The maximum atomic E-state index is 12.5. The van der Waals surface area contributed by atoms with Crippen molar-refractivity contribution in [2.75, 3.05) is 57.8 Å². The monoisotopic (exact) mass is 454 g/mol. The number of carbonyl (C=O) groups excluding carboxylic acids is 1. The lowest BCUT2D eigenvalue weighted by atomic mass is 9.97. The Morgan fingerprint density at radius 3 is 2.73 bits per heavy atom. The number of methoxy groups -OCH3 is 1. The Morgan fingerprint density at radius 2 is 1.94 bits per heavy atom. The van der Waals surface area contributed by atoms with E-state index in [1.165, 1.54) is 6.42 Å². The van der Waals surface area contributed by atoms with E-state index in [4.69, 9.17) is 9.47 Å². The summed E-state index contributed by atoms with van der Waals surface area (Å²) in [6, 6.07) is 8.21. The third-order valence-corrected chi connectivity index (χ3v) is 6.52. The first kappa shape index (κ1) is 23.6. The standard InChI is InChI=1S/C26H38N4O3/c1-26(2,3)33-25(31)30-14-6-8-20(19-30)18-28-13-7-15-29(17-16-28)24-22(32-4)11-10-21-9-5-12-27-23(21)24/h5,9-12,20H,6-8,13-19H2,1-4H3/t20-/m0/s1. The van der Waals surface area contributed by atoms with E-state index in [9.17, 15) is 4.79 Å². The lowest BCUT2D eigenvalue weighted by Gasteiger charge is -2.36. The fraction of sp³-hybridized carbons (Fsp3) is 0.615. The Labute approximate surface area is 197 Å². The van der Waals surface area contributed by atoms with Gasteiger partial charge in [-0.3, -0.25) is 4.98 Å². The van der Waals surface area contributed by atoms with Gasteiger partial charge >= 0.3 is 6.09 Å². The topological polar surface area (TPSA) is 58.1 Å². The number of hydrogen-bond acceptors (Lipinski definition) is 6. The Hall–Kier alpha value is -2.54. The number of nitrogens with zero attached hydrogens (tertiary/aromatic N) is 4. The molecule has 2 aliphatic heterocycles. The van der Waals surface area contributed by atoms with Crippen LogP contribution in [0.2, 0.25) is 0 Å². The van der Waals surface area contributed by atoms with Crippen molar-refractivity contribution in [1.82, 2.24) is 14.8 Å². The number of hydrogen-bond donors (Lipinski definition) is 0. The third-order valence-electron chi connectivity index (χ3n) is 6.52. The first-order valence-electron chi connectivity index (χ1n) is 12.2. The van der Waals surface area contributed by atoms with Gasteiger partial charge in [0, 0.05) is 50.9 Å². The molecule has 1 aromatic carbocycles. The molecule has 1 atom stereocenters. The van der Waals surface area contributed by atoms with E-state index >= 15 is 0 Å². The molecule has 1 aromatic heterocycles. The minimum absolute atomic E-state index is 0.176. The normalized spacial score (nSPS) is 20.5. The molecular weight excluding hydrogens is 416 g/mol. The molecule has 3 heterocycles. The number of likely N-dealkylation sites (tertiary alicyclic amines) is 1. The molecule has 4 rings (SSSR count). The van der Waals surface area contributed by atoms with Crippen LogP contribution in [-0.4, -0.2) is 79.4 Å². The number of amides is 1. The average molecular weight is 455 g/mol. The first-order valence-corrected chi connectivity index (χ1v) is 12.2. The van der Waals surface area contributed by atoms with Gasteiger partial charge in [0.1, 0.15) is 17.0 Å². The second-order valence-corrected chi connectivity index (χ2v) is 10.3. The molecule has 0 bridgehead atoms. The van der Waals surface area contributed by atoms with Crippen LogP contribution in [-0.2, 0) is 4.74 Å². The zero-order chi connectivity index (χ0) is 23.4. The highest BCUT2D eigenvalue weighted by Crippen LogP contribution is 2.35. The number of benzene rings is 1. The van der Waals surface area contributed by atoms with Crippen LogP contribution in [0.4, 0.5) is 10.5 Å². The lowest BCUT2D eigenvalue weighted by Crippen LogP contribution is -2.46. The molecule has 7 nitrogen and oxygen atoms in total. The molecule has 2 fully saturated rings. The molecule has 33 heavy (non-hydrogen) atoms. The van der Waals surface area contributed by atoms with Crippen molar-refractivity contribution in [2.45, 2.75) is 45.6 Å². The zero-order valence-corrected chi connectivity index (χ0v) is 20.5. The maximum Gasteiger partial charge on any atom is 0.410 e. The van der Waals surface area contributed by atoms with Crippen LogP contribution in [0.25, 0.3) is 10.9 Å². The fourth-order valence-electron chi connectivity index (χ4n) is 5.03. The molecule has 0 radical (unpaired) electrons. The van der Waals surface area contributed by atoms with Gasteiger partial charge in [-0.2, -0.15) is 0 Å². The van der Waals surface area contributed by atoms with Gasteiger partial charge in [0.25, 0.3) is 0 Å². The van der Waals surface area contributed by atoms with Crippen molar-refractivity contribution < 1.29 is 14.3 Å². The lowest BCUT2D eigenvalue weighted by molar-refractivity contribution is 0.0146. The molecule has 0 spiro atoms. The largest absolute Gasteiger partial charge is 0.494 e. The number of piperidine rings is 1. The molecule has 0 aliphatic carbocycles. The number of pyridine rings is 1. The smallest absolute Gasteiger partial charge is 0.410 e. The number of aromatic nitrogens is 1. The number of ether oxygens (including phenoxy) is 2. The predicted octanol–water partition coefficient (Wildman–Crippen LogP) is 4.40. The third kappa shape index (κ3) is 5.88. The zero-order valence-electron chi connectivity index (χ0n) is 20.5. The van der Waals surface area contributed by atoms with Gasteiger partial charge in [0.15, 0.2) is 0 Å². The molecule has 2 aromatic rings. The van der Waals surface area contributed by atoms with Crippen LogP contribution in [0.5, 0.6) is 5.75 Å². The summed E-state index contributed by atoms with van der Waals surface area (Å²) < 4.78 is 11.3. The van der Waals surface area contributed by atoms with Crippen molar-refractivity contribution >= 4 is 22.7 Å². The minimum atomic E-state index is -0.449. The molecule has 1 amide bonds. The summed E-state index contributed by atoms with van der Waals surface area (Å²) in [5.74, 6) is 1.38. The summed E-state index contributed by atoms with van der Waals surface area (Å²) in [5, 5.41) is 1.14. The maximum absolute atomic E-state index is 12.5. The summed E-state index contributed by atoms with van der Waals surface area (Å²) in [6.07, 6.45) is 4.98. The van der Waals surface area contributed by atoms with Crippen LogP contribution in [0.1, 0.15) is 40.0 Å². The van der Waals surface area contributed by atoms with E-state index in [0.29, 0.717) is 5.92 Å². The van der Waals surface area contributed by atoms with Crippen LogP contribution in [0, 0.1) is 5.92 Å². The van der Waals surface area contributed by atoms with Crippen molar-refractivity contribution in [3.63, 3.8) is 0 Å². The van der Waals surface area contributed by atoms with E-state index < -0.39 is 5.60 Å². The summed E-state index contributed by atoms with van der Waals surface area (Å²) >= 11 is 0. The Bertz CT molecular complexity index is 958. The Balaban J connectivity index is 1.39. The highest BCUT2D eigenvalue weighted by Gasteiger charge is 2.29. The van der Waals surface area contributed by atoms with E-state index in [1.807, 2.05) is 37.9 Å². The van der Waals surface area contributed by atoms with E-state index in [1.54, 1.807) is 7.11 Å². The van der Waals surface area contributed by atoms with Crippen LogP contribution in [0.15, 0.2) is 30.5 Å². The van der Waals surface area contributed by atoms with Crippen LogP contribution in [0.3, 0.4) is 0 Å². The second kappa shape index (κ2) is 10.2. The summed E-state index contributed by atoms with van der Waals surface area (Å²) in [6.45, 7) is 12.4. The van der Waals surface area contributed by atoms with Crippen molar-refractivity contribution in [2.24, 2.45) is 5.92 Å². The van der Waals surface area contributed by atoms with Gasteiger partial charge in [0.05, 0.1) is 12.6 Å². The van der Waals surface area contributed by atoms with Gasteiger partial charge in [0.2, 0.25) is 0 Å². The molecule has 2 aliphatic rings. The predicted molar refractivity (Wildman–Crippen MR) is 132 cm³/mol. The Morgan fingerprint density at radius 1 is 1.09 bits per heavy atom. The van der Waals surface area contributed by atoms with Gasteiger partial charge < -0.3 is 24.2 Å². The molecular formula is C26H38N4O3. The van der Waals surface area contributed by atoms with Crippen molar-refractivity contribution in [1.29, 1.82) is 0 Å². The second-order valence-electron chi connectivity index (χ2n) is 10.3. The highest BCUT2D eigenvalue weighted by atomic mass is 16.6. The van der Waals surface area contributed by atoms with Crippen molar-refractivity contribution in [3.05, 3.63) is 30.5 Å². The summed E-state index contributed by atoms with van der Waals surface area (Å²) in [4.78, 5) is 24.1. The van der Waals surface area contributed by atoms with Crippen molar-refractivity contribution in [3.8, 4) is 5.75 Å². The molecule has 2 saturated heterocycles. The highest BCUT2D eigenvalue weighted by molar-refractivity contribution is 5.94. The van der Waals surface area contributed by atoms with E-state index in [2.05, 4.69) is 33.0 Å². The number of anilines is 1. The van der Waals surface area contributed by atoms with Gasteiger partial charge in [-0.1, -0.05) is 6.07 Å². The molecule has 0 N–H and O–H groups in total. The first-order chi connectivity index (χ1) is 15.8. The average Bonchev–Trinajstić information content (AvgIpc) is 3.02. The minimum Gasteiger partial charge on any atom is -0.494 e. The van der Waals surface area contributed by atoms with E-state index in [-0.39, 0.29) is 6.09 Å². The number of rotatable bonds is 4.